The molecule has 1 N–H and O–H groups in total. The molecule has 0 aromatic heterocycles. The molecule has 2 aromatic carbocycles. The number of rotatable bonds is 5. The second-order valence-corrected chi connectivity index (χ2v) is 5.88. The summed E-state index contributed by atoms with van der Waals surface area (Å²) in [6.07, 6.45) is -0.552. The summed E-state index contributed by atoms with van der Waals surface area (Å²) in [4.78, 5) is 13.7. The number of morpholine rings is 1. The number of nitrogens with one attached hydrogen (secondary N) is 1. The van der Waals surface area contributed by atoms with Crippen LogP contribution in [0.1, 0.15) is 0 Å². The van der Waals surface area contributed by atoms with E-state index in [0.29, 0.717) is 32.8 Å². The van der Waals surface area contributed by atoms with Crippen molar-refractivity contribution in [3.05, 3.63) is 54.6 Å². The maximum absolute atomic E-state index is 12.2. The van der Waals surface area contributed by atoms with E-state index in [1.165, 1.54) is 0 Å². The van der Waals surface area contributed by atoms with E-state index in [0.717, 1.165) is 16.9 Å². The first kappa shape index (κ1) is 17.8. The fourth-order valence-electron chi connectivity index (χ4n) is 2.79. The van der Waals surface area contributed by atoms with Gasteiger partial charge in [0.15, 0.2) is 6.10 Å². The molecule has 6 nitrogen and oxygen atoms in total. The van der Waals surface area contributed by atoms with Gasteiger partial charge in [0.2, 0.25) is 0 Å². The van der Waals surface area contributed by atoms with Gasteiger partial charge in [0, 0.05) is 12.1 Å². The summed E-state index contributed by atoms with van der Waals surface area (Å²) in [5.74, 6) is 0.781. The smallest absolute Gasteiger partial charge is 0.317 e. The number of carbonyl (C=O) groups is 1. The molecule has 0 spiro atoms. The normalized spacial score (nSPS) is 16.6. The minimum Gasteiger partial charge on any atom is -0.491 e. The molecule has 2 amide bonds. The largest absolute Gasteiger partial charge is 0.491 e. The van der Waals surface area contributed by atoms with E-state index in [-0.39, 0.29) is 6.03 Å². The van der Waals surface area contributed by atoms with Gasteiger partial charge in [-0.3, -0.25) is 0 Å². The number of hydrogen-bond acceptors (Lipinski definition) is 4. The Morgan fingerprint density at radius 2 is 2.00 bits per heavy atom. The Labute approximate surface area is 152 Å². The molecule has 0 aliphatic carbocycles. The summed E-state index contributed by atoms with van der Waals surface area (Å²) >= 11 is 0. The summed E-state index contributed by atoms with van der Waals surface area (Å²) < 4.78 is 11.1. The van der Waals surface area contributed by atoms with Crippen LogP contribution >= 0.6 is 0 Å². The van der Waals surface area contributed by atoms with E-state index in [4.69, 9.17) is 14.7 Å². The van der Waals surface area contributed by atoms with Crippen molar-refractivity contribution in [1.29, 1.82) is 5.26 Å². The third kappa shape index (κ3) is 4.52. The third-order valence-electron chi connectivity index (χ3n) is 4.11. The molecule has 1 aliphatic heterocycles. The van der Waals surface area contributed by atoms with Crippen LogP contribution < -0.4 is 10.1 Å². The van der Waals surface area contributed by atoms with Crippen LogP contribution in [0.2, 0.25) is 0 Å². The number of hydrogen-bond donors (Lipinski definition) is 1. The second-order valence-electron chi connectivity index (χ2n) is 5.88. The molecule has 3 rings (SSSR count). The van der Waals surface area contributed by atoms with Crippen LogP contribution in [0.5, 0.6) is 5.75 Å². The van der Waals surface area contributed by atoms with E-state index < -0.39 is 6.10 Å². The average molecular weight is 351 g/mol. The predicted molar refractivity (Wildman–Crippen MR) is 97.7 cm³/mol. The molecule has 6 heteroatoms. The SMILES string of the molecule is N#CC1CN(C(=O)NCCOc2ccccc2-c2ccccc2)CCO1. The fourth-order valence-corrected chi connectivity index (χ4v) is 2.79. The molecule has 0 bridgehead atoms. The first-order chi connectivity index (χ1) is 12.8. The van der Waals surface area contributed by atoms with Gasteiger partial charge in [-0.1, -0.05) is 48.5 Å². The molecular weight excluding hydrogens is 330 g/mol. The standard InChI is InChI=1S/C20H21N3O3/c21-14-17-15-23(11-13-25-17)20(24)22-10-12-26-19-9-5-4-8-18(19)16-6-2-1-3-7-16/h1-9,17H,10-13,15H2,(H,22,24). The summed E-state index contributed by atoms with van der Waals surface area (Å²) in [7, 11) is 0. The van der Waals surface area contributed by atoms with E-state index in [9.17, 15) is 4.79 Å². The Morgan fingerprint density at radius 3 is 2.81 bits per heavy atom. The van der Waals surface area contributed by atoms with Gasteiger partial charge in [-0.25, -0.2) is 4.79 Å². The van der Waals surface area contributed by atoms with Crippen LogP contribution in [0.4, 0.5) is 4.79 Å². The molecule has 2 aromatic rings. The van der Waals surface area contributed by atoms with Crippen molar-refractivity contribution < 1.29 is 14.3 Å². The number of nitrogens with zero attached hydrogens (tertiary/aromatic N) is 2. The summed E-state index contributed by atoms with van der Waals surface area (Å²) in [5.41, 5.74) is 2.10. The molecular formula is C20H21N3O3. The summed E-state index contributed by atoms with van der Waals surface area (Å²) in [5, 5.41) is 11.7. The molecule has 134 valence electrons. The van der Waals surface area contributed by atoms with Crippen molar-refractivity contribution in [2.75, 3.05) is 32.8 Å². The highest BCUT2D eigenvalue weighted by atomic mass is 16.5. The lowest BCUT2D eigenvalue weighted by atomic mass is 10.1. The predicted octanol–water partition coefficient (Wildman–Crippen LogP) is 2.67. The van der Waals surface area contributed by atoms with Crippen LogP contribution in [-0.4, -0.2) is 49.9 Å². The molecule has 1 unspecified atom stereocenters. The van der Waals surface area contributed by atoms with Crippen molar-refractivity contribution in [3.8, 4) is 22.9 Å². The number of carbonyl (C=O) groups excluding carboxylic acids is 1. The lowest BCUT2D eigenvalue weighted by molar-refractivity contribution is 0.0156. The average Bonchev–Trinajstić information content (AvgIpc) is 2.72. The van der Waals surface area contributed by atoms with Crippen molar-refractivity contribution in [3.63, 3.8) is 0 Å². The lowest BCUT2D eigenvalue weighted by Gasteiger charge is -2.29. The second kappa shape index (κ2) is 8.88. The van der Waals surface area contributed by atoms with Crippen molar-refractivity contribution in [2.24, 2.45) is 0 Å². The molecule has 0 saturated carbocycles. The molecule has 1 fully saturated rings. The van der Waals surface area contributed by atoms with Gasteiger partial charge in [0.25, 0.3) is 0 Å². The maximum Gasteiger partial charge on any atom is 0.317 e. The number of para-hydroxylation sites is 1. The van der Waals surface area contributed by atoms with Crippen LogP contribution in [0.25, 0.3) is 11.1 Å². The fraction of sp³-hybridized carbons (Fsp3) is 0.300. The van der Waals surface area contributed by atoms with Crippen LogP contribution in [0, 0.1) is 11.3 Å². The van der Waals surface area contributed by atoms with Gasteiger partial charge < -0.3 is 19.7 Å². The van der Waals surface area contributed by atoms with E-state index in [1.807, 2.05) is 60.7 Å². The van der Waals surface area contributed by atoms with Gasteiger partial charge in [0.1, 0.15) is 12.4 Å². The molecule has 1 atom stereocenters. The minimum absolute atomic E-state index is 0.200. The van der Waals surface area contributed by atoms with Gasteiger partial charge in [-0.2, -0.15) is 5.26 Å². The molecule has 26 heavy (non-hydrogen) atoms. The highest BCUT2D eigenvalue weighted by molar-refractivity contribution is 5.74. The van der Waals surface area contributed by atoms with Crippen LogP contribution in [-0.2, 0) is 4.74 Å². The Bertz CT molecular complexity index is 773. The molecule has 1 aliphatic rings. The number of amides is 2. The van der Waals surface area contributed by atoms with E-state index >= 15 is 0 Å². The summed E-state index contributed by atoms with van der Waals surface area (Å²) in [6, 6.07) is 19.7. The van der Waals surface area contributed by atoms with Crippen molar-refractivity contribution >= 4 is 6.03 Å². The van der Waals surface area contributed by atoms with Gasteiger partial charge in [0.05, 0.1) is 25.8 Å². The minimum atomic E-state index is -0.552. The Balaban J connectivity index is 1.50. The van der Waals surface area contributed by atoms with Gasteiger partial charge in [-0.05, 0) is 11.6 Å². The Kier molecular flexibility index (Phi) is 6.07. The maximum atomic E-state index is 12.2. The number of ether oxygens (including phenoxy) is 2. The zero-order valence-corrected chi connectivity index (χ0v) is 14.4. The zero-order valence-electron chi connectivity index (χ0n) is 14.4. The summed E-state index contributed by atoms with van der Waals surface area (Å²) in [6.45, 7) is 1.91. The Hall–Kier alpha value is -3.04. The first-order valence-corrected chi connectivity index (χ1v) is 8.59. The highest BCUT2D eigenvalue weighted by Gasteiger charge is 2.23. The third-order valence-corrected chi connectivity index (χ3v) is 4.11. The molecule has 0 radical (unpaired) electrons. The number of urea groups is 1. The van der Waals surface area contributed by atoms with Crippen molar-refractivity contribution in [2.45, 2.75) is 6.10 Å². The number of nitriles is 1. The highest BCUT2D eigenvalue weighted by Crippen LogP contribution is 2.29. The molecule has 1 heterocycles. The number of benzene rings is 2. The first-order valence-electron chi connectivity index (χ1n) is 8.59. The zero-order chi connectivity index (χ0) is 18.2. The molecule has 1 saturated heterocycles. The quantitative estimate of drug-likeness (QED) is 0.841. The van der Waals surface area contributed by atoms with E-state index in [1.54, 1.807) is 4.90 Å². The van der Waals surface area contributed by atoms with E-state index in [2.05, 4.69) is 5.32 Å². The monoisotopic (exact) mass is 351 g/mol. The lowest BCUT2D eigenvalue weighted by Crippen LogP contribution is -2.49. The topological polar surface area (TPSA) is 74.6 Å². The van der Waals surface area contributed by atoms with Gasteiger partial charge >= 0.3 is 6.03 Å². The van der Waals surface area contributed by atoms with Crippen LogP contribution in [0.3, 0.4) is 0 Å². The Morgan fingerprint density at radius 1 is 1.23 bits per heavy atom. The van der Waals surface area contributed by atoms with Crippen molar-refractivity contribution in [1.82, 2.24) is 10.2 Å². The van der Waals surface area contributed by atoms with Gasteiger partial charge in [-0.15, -0.1) is 0 Å². The van der Waals surface area contributed by atoms with Crippen LogP contribution in [0.15, 0.2) is 54.6 Å².